The summed E-state index contributed by atoms with van der Waals surface area (Å²) in [4.78, 5) is 7.94. The second-order valence-electron chi connectivity index (χ2n) is 4.39. The van der Waals surface area contributed by atoms with Crippen molar-refractivity contribution in [1.29, 1.82) is 0 Å². The van der Waals surface area contributed by atoms with Crippen LogP contribution in [-0.4, -0.2) is 18.0 Å². The van der Waals surface area contributed by atoms with Crippen LogP contribution in [0.2, 0.25) is 0 Å². The van der Waals surface area contributed by atoms with E-state index in [1.807, 2.05) is 25.1 Å². The quantitative estimate of drug-likeness (QED) is 0.466. The number of aliphatic imine (C=N–C) groups is 2. The maximum atomic E-state index is 5.65. The van der Waals surface area contributed by atoms with Gasteiger partial charge in [-0.25, -0.2) is 4.99 Å². The maximum Gasteiger partial charge on any atom is 0.223 e. The SMILES string of the molecule is Cc1cccc(N=C(N)N=C(N)N)c1NC1CC1. The molecule has 0 aliphatic heterocycles. The molecule has 0 amide bonds. The molecule has 6 heteroatoms. The first-order valence-electron chi connectivity index (χ1n) is 5.86. The van der Waals surface area contributed by atoms with Crippen molar-refractivity contribution < 1.29 is 0 Å². The predicted octanol–water partition coefficient (Wildman–Crippen LogP) is 0.789. The average Bonchev–Trinajstić information content (AvgIpc) is 3.05. The zero-order valence-electron chi connectivity index (χ0n) is 10.4. The summed E-state index contributed by atoms with van der Waals surface area (Å²) >= 11 is 0. The smallest absolute Gasteiger partial charge is 0.223 e. The van der Waals surface area contributed by atoms with Crippen LogP contribution in [0.4, 0.5) is 11.4 Å². The molecule has 0 aromatic heterocycles. The fraction of sp³-hybridized carbons (Fsp3) is 0.333. The lowest BCUT2D eigenvalue weighted by Gasteiger charge is -2.11. The number of rotatable bonds is 3. The molecule has 6 nitrogen and oxygen atoms in total. The van der Waals surface area contributed by atoms with Crippen molar-refractivity contribution in [1.82, 2.24) is 0 Å². The minimum absolute atomic E-state index is 0.0550. The van der Waals surface area contributed by atoms with Gasteiger partial charge in [0.25, 0.3) is 0 Å². The molecule has 18 heavy (non-hydrogen) atoms. The molecule has 1 aromatic rings. The topological polar surface area (TPSA) is 115 Å². The van der Waals surface area contributed by atoms with Gasteiger partial charge in [-0.1, -0.05) is 12.1 Å². The number of hydrogen-bond acceptors (Lipinski definition) is 2. The van der Waals surface area contributed by atoms with Gasteiger partial charge < -0.3 is 22.5 Å². The lowest BCUT2D eigenvalue weighted by Crippen LogP contribution is -2.26. The van der Waals surface area contributed by atoms with Crippen molar-refractivity contribution in [2.24, 2.45) is 27.2 Å². The highest BCUT2D eigenvalue weighted by Crippen LogP contribution is 2.33. The molecule has 1 aromatic carbocycles. The Morgan fingerprint density at radius 1 is 1.28 bits per heavy atom. The Labute approximate surface area is 106 Å². The Balaban J connectivity index is 2.31. The van der Waals surface area contributed by atoms with Gasteiger partial charge in [-0.2, -0.15) is 4.99 Å². The molecular formula is C12H18N6. The molecule has 0 saturated heterocycles. The second-order valence-corrected chi connectivity index (χ2v) is 4.39. The van der Waals surface area contributed by atoms with Gasteiger partial charge in [-0.05, 0) is 31.4 Å². The Hall–Kier alpha value is -2.24. The molecule has 96 valence electrons. The maximum absolute atomic E-state index is 5.65. The van der Waals surface area contributed by atoms with Crippen molar-refractivity contribution >= 4 is 23.3 Å². The van der Waals surface area contributed by atoms with E-state index in [0.717, 1.165) is 16.9 Å². The van der Waals surface area contributed by atoms with Crippen LogP contribution >= 0.6 is 0 Å². The third-order valence-corrected chi connectivity index (χ3v) is 2.66. The molecule has 0 spiro atoms. The van der Waals surface area contributed by atoms with E-state index in [2.05, 4.69) is 15.3 Å². The molecule has 0 bridgehead atoms. The minimum atomic E-state index is -0.0967. The summed E-state index contributed by atoms with van der Waals surface area (Å²) in [6.07, 6.45) is 2.39. The van der Waals surface area contributed by atoms with Crippen molar-refractivity contribution in [2.45, 2.75) is 25.8 Å². The van der Waals surface area contributed by atoms with Crippen LogP contribution < -0.4 is 22.5 Å². The minimum Gasteiger partial charge on any atom is -0.380 e. The number of nitrogens with one attached hydrogen (secondary N) is 1. The number of benzene rings is 1. The zero-order chi connectivity index (χ0) is 13.1. The van der Waals surface area contributed by atoms with Crippen molar-refractivity contribution in [2.75, 3.05) is 5.32 Å². The van der Waals surface area contributed by atoms with Gasteiger partial charge in [0.1, 0.15) is 0 Å². The Morgan fingerprint density at radius 3 is 2.61 bits per heavy atom. The summed E-state index contributed by atoms with van der Waals surface area (Å²) in [5.74, 6) is -0.0416. The van der Waals surface area contributed by atoms with E-state index < -0.39 is 0 Å². The highest BCUT2D eigenvalue weighted by molar-refractivity contribution is 5.94. The first kappa shape index (κ1) is 12.2. The summed E-state index contributed by atoms with van der Waals surface area (Å²) < 4.78 is 0. The molecular weight excluding hydrogens is 228 g/mol. The van der Waals surface area contributed by atoms with Gasteiger partial charge in [0.15, 0.2) is 5.96 Å². The van der Waals surface area contributed by atoms with E-state index in [4.69, 9.17) is 17.2 Å². The van der Waals surface area contributed by atoms with Gasteiger partial charge in [0, 0.05) is 6.04 Å². The summed E-state index contributed by atoms with van der Waals surface area (Å²) in [7, 11) is 0. The Kier molecular flexibility index (Phi) is 3.36. The average molecular weight is 246 g/mol. The van der Waals surface area contributed by atoms with Crippen LogP contribution in [0, 0.1) is 6.92 Å². The molecule has 1 aliphatic carbocycles. The normalized spacial score (nSPS) is 15.3. The van der Waals surface area contributed by atoms with Crippen LogP contribution in [0.5, 0.6) is 0 Å². The third kappa shape index (κ3) is 3.13. The Bertz CT molecular complexity index is 497. The molecule has 7 N–H and O–H groups in total. The van der Waals surface area contributed by atoms with E-state index in [1.165, 1.54) is 12.8 Å². The number of hydrogen-bond donors (Lipinski definition) is 4. The van der Waals surface area contributed by atoms with Crippen LogP contribution in [0.3, 0.4) is 0 Å². The van der Waals surface area contributed by atoms with E-state index in [-0.39, 0.29) is 11.9 Å². The lowest BCUT2D eigenvalue weighted by molar-refractivity contribution is 1.14. The molecule has 1 aliphatic rings. The van der Waals surface area contributed by atoms with Gasteiger partial charge in [0.2, 0.25) is 5.96 Å². The number of guanidine groups is 2. The largest absolute Gasteiger partial charge is 0.380 e. The summed E-state index contributed by atoms with van der Waals surface area (Å²) in [5, 5.41) is 3.44. The van der Waals surface area contributed by atoms with Gasteiger partial charge in [0.05, 0.1) is 11.4 Å². The molecule has 0 radical (unpaired) electrons. The van der Waals surface area contributed by atoms with Crippen molar-refractivity contribution in [3.63, 3.8) is 0 Å². The summed E-state index contributed by atoms with van der Waals surface area (Å²) in [6, 6.07) is 6.38. The highest BCUT2D eigenvalue weighted by Gasteiger charge is 2.22. The standard InChI is InChI=1S/C12H18N6/c1-7-3-2-4-9(10(7)16-8-5-6-8)17-12(15)18-11(13)14/h2-4,8,16H,5-6H2,1H3,(H6,13,14,15,17,18). The number of nitrogens with zero attached hydrogens (tertiary/aromatic N) is 2. The highest BCUT2D eigenvalue weighted by atomic mass is 15.1. The fourth-order valence-corrected chi connectivity index (χ4v) is 1.65. The summed E-state index contributed by atoms with van der Waals surface area (Å²) in [6.45, 7) is 2.03. The first-order chi connectivity index (χ1) is 8.56. The van der Waals surface area contributed by atoms with E-state index >= 15 is 0 Å². The predicted molar refractivity (Wildman–Crippen MR) is 74.9 cm³/mol. The van der Waals surface area contributed by atoms with Crippen LogP contribution in [0.1, 0.15) is 18.4 Å². The monoisotopic (exact) mass is 246 g/mol. The lowest BCUT2D eigenvalue weighted by atomic mass is 10.1. The molecule has 2 rings (SSSR count). The van der Waals surface area contributed by atoms with Crippen molar-refractivity contribution in [3.05, 3.63) is 23.8 Å². The number of nitrogens with two attached hydrogens (primary N) is 3. The molecule has 0 heterocycles. The summed E-state index contributed by atoms with van der Waals surface area (Å²) in [5.41, 5.74) is 19.0. The van der Waals surface area contributed by atoms with Gasteiger partial charge in [-0.3, -0.25) is 0 Å². The van der Waals surface area contributed by atoms with Crippen LogP contribution in [0.15, 0.2) is 28.2 Å². The van der Waals surface area contributed by atoms with E-state index in [1.54, 1.807) is 0 Å². The molecule has 1 saturated carbocycles. The van der Waals surface area contributed by atoms with Crippen LogP contribution in [-0.2, 0) is 0 Å². The number of anilines is 1. The second kappa shape index (κ2) is 4.95. The van der Waals surface area contributed by atoms with E-state index in [9.17, 15) is 0 Å². The zero-order valence-corrected chi connectivity index (χ0v) is 10.4. The van der Waals surface area contributed by atoms with E-state index in [0.29, 0.717) is 6.04 Å². The first-order valence-corrected chi connectivity index (χ1v) is 5.86. The van der Waals surface area contributed by atoms with Gasteiger partial charge in [-0.15, -0.1) is 0 Å². The third-order valence-electron chi connectivity index (χ3n) is 2.66. The fourth-order valence-electron chi connectivity index (χ4n) is 1.65. The number of para-hydroxylation sites is 1. The van der Waals surface area contributed by atoms with Crippen molar-refractivity contribution in [3.8, 4) is 0 Å². The van der Waals surface area contributed by atoms with Gasteiger partial charge >= 0.3 is 0 Å². The van der Waals surface area contributed by atoms with Crippen LogP contribution in [0.25, 0.3) is 0 Å². The molecule has 1 fully saturated rings. The Morgan fingerprint density at radius 2 is 2.00 bits per heavy atom. The molecule has 0 atom stereocenters. The number of aryl methyl sites for hydroxylation is 1. The molecule has 0 unspecified atom stereocenters.